The summed E-state index contributed by atoms with van der Waals surface area (Å²) < 4.78 is 0. The molecule has 0 unspecified atom stereocenters. The van der Waals surface area contributed by atoms with Crippen LogP contribution in [0.3, 0.4) is 0 Å². The highest BCUT2D eigenvalue weighted by Crippen LogP contribution is 2.53. The fourth-order valence-corrected chi connectivity index (χ4v) is 3.14. The lowest BCUT2D eigenvalue weighted by Crippen LogP contribution is -1.94. The lowest BCUT2D eigenvalue weighted by Gasteiger charge is -2.07. The molecule has 0 saturated heterocycles. The first-order valence-corrected chi connectivity index (χ1v) is 9.87. The van der Waals surface area contributed by atoms with E-state index in [4.69, 9.17) is 5.11 Å². The van der Waals surface area contributed by atoms with Gasteiger partial charge in [0.1, 0.15) is 0 Å². The predicted molar refractivity (Wildman–Crippen MR) is 101 cm³/mol. The third-order valence-corrected chi connectivity index (χ3v) is 5.30. The lowest BCUT2D eigenvalue weighted by atomic mass is 9.98. The second kappa shape index (κ2) is 9.25. The van der Waals surface area contributed by atoms with Crippen LogP contribution in [-0.2, 0) is 4.79 Å². The fraction of sp³-hybridized carbons (Fsp3) is 0.682. The van der Waals surface area contributed by atoms with E-state index in [-0.39, 0.29) is 0 Å². The molecule has 0 heterocycles. The van der Waals surface area contributed by atoms with E-state index in [2.05, 4.69) is 43.4 Å². The molecule has 2 rings (SSSR count). The molecule has 0 aromatic rings. The number of allylic oxidation sites excluding steroid dienone is 6. The summed E-state index contributed by atoms with van der Waals surface area (Å²) in [6.07, 6.45) is 27.8. The zero-order valence-electron chi connectivity index (χ0n) is 15.3. The van der Waals surface area contributed by atoms with Gasteiger partial charge in [-0.25, -0.2) is 0 Å². The summed E-state index contributed by atoms with van der Waals surface area (Å²) in [6, 6.07) is 0. The topological polar surface area (TPSA) is 37.3 Å². The van der Waals surface area contributed by atoms with Gasteiger partial charge in [-0.05, 0) is 51.4 Å². The third-order valence-electron chi connectivity index (χ3n) is 5.30. The highest BCUT2D eigenvalue weighted by atomic mass is 16.4. The Morgan fingerprint density at radius 2 is 1.38 bits per heavy atom. The van der Waals surface area contributed by atoms with Crippen LogP contribution in [0.5, 0.6) is 0 Å². The molecule has 2 aliphatic rings. The molecule has 0 amide bonds. The van der Waals surface area contributed by atoms with Crippen molar-refractivity contribution in [2.75, 3.05) is 0 Å². The van der Waals surface area contributed by atoms with E-state index in [0.717, 1.165) is 25.7 Å². The molecular formula is C22H34O2. The van der Waals surface area contributed by atoms with Crippen LogP contribution in [0.1, 0.15) is 84.0 Å². The van der Waals surface area contributed by atoms with Crippen LogP contribution in [0.25, 0.3) is 0 Å². The molecular weight excluding hydrogens is 296 g/mol. The molecule has 0 atom stereocenters. The zero-order valence-corrected chi connectivity index (χ0v) is 15.3. The van der Waals surface area contributed by atoms with Gasteiger partial charge in [-0.3, -0.25) is 4.79 Å². The van der Waals surface area contributed by atoms with Gasteiger partial charge in [-0.1, -0.05) is 62.6 Å². The smallest absolute Gasteiger partial charge is 0.303 e. The minimum absolute atomic E-state index is 0.323. The minimum Gasteiger partial charge on any atom is -0.481 e. The molecule has 0 spiro atoms. The number of unbranched alkanes of at least 4 members (excludes halogenated alkanes) is 5. The first-order valence-electron chi connectivity index (χ1n) is 9.87. The van der Waals surface area contributed by atoms with Crippen molar-refractivity contribution in [1.29, 1.82) is 0 Å². The van der Waals surface area contributed by atoms with Crippen molar-refractivity contribution < 1.29 is 9.90 Å². The summed E-state index contributed by atoms with van der Waals surface area (Å²) in [4.78, 5) is 10.4. The average molecular weight is 331 g/mol. The maximum Gasteiger partial charge on any atom is 0.303 e. The highest BCUT2D eigenvalue weighted by molar-refractivity contribution is 5.66. The summed E-state index contributed by atoms with van der Waals surface area (Å²) >= 11 is 0. The Morgan fingerprint density at radius 3 is 1.92 bits per heavy atom. The van der Waals surface area contributed by atoms with Crippen molar-refractivity contribution in [3.8, 4) is 0 Å². The molecule has 1 N–H and O–H groups in total. The highest BCUT2D eigenvalue weighted by Gasteiger charge is 2.41. The standard InChI is InChI=1S/C22H34O2/c1-2-3-12-21(14-15-21)16-17-22(18-19-22)13-10-8-6-4-5-7-9-11-20(23)24/h3,10,12-13,16-17H,2,4-9,11,14-15,18-19H2,1H3,(H,23,24)/b12-3-,13-10-,17-16-. The lowest BCUT2D eigenvalue weighted by molar-refractivity contribution is -0.137. The predicted octanol–water partition coefficient (Wildman–Crippen LogP) is 6.44. The summed E-state index contributed by atoms with van der Waals surface area (Å²) in [5.41, 5.74) is 0.770. The quantitative estimate of drug-likeness (QED) is 0.311. The van der Waals surface area contributed by atoms with Gasteiger partial charge in [0.2, 0.25) is 0 Å². The summed E-state index contributed by atoms with van der Waals surface area (Å²) in [7, 11) is 0. The molecule has 2 heteroatoms. The number of hydrogen-bond donors (Lipinski definition) is 1. The van der Waals surface area contributed by atoms with E-state index < -0.39 is 5.97 Å². The number of carbonyl (C=O) groups is 1. The molecule has 2 fully saturated rings. The molecule has 0 bridgehead atoms. The SMILES string of the molecule is CC/C=C\C1(/C=C\C2(/C=C\CCCCCCCC(=O)O)CC2)CC1. The molecule has 0 aromatic heterocycles. The Kier molecular flexibility index (Phi) is 7.33. The van der Waals surface area contributed by atoms with Crippen LogP contribution in [-0.4, -0.2) is 11.1 Å². The van der Waals surface area contributed by atoms with E-state index in [0.29, 0.717) is 17.3 Å². The molecule has 134 valence electrons. The van der Waals surface area contributed by atoms with Crippen LogP contribution in [0, 0.1) is 10.8 Å². The van der Waals surface area contributed by atoms with Gasteiger partial charge in [0.15, 0.2) is 0 Å². The molecule has 2 saturated carbocycles. The van der Waals surface area contributed by atoms with Gasteiger partial charge >= 0.3 is 5.97 Å². The van der Waals surface area contributed by atoms with E-state index >= 15 is 0 Å². The monoisotopic (exact) mass is 330 g/mol. The van der Waals surface area contributed by atoms with Gasteiger partial charge < -0.3 is 5.11 Å². The largest absolute Gasteiger partial charge is 0.481 e. The third kappa shape index (κ3) is 7.07. The van der Waals surface area contributed by atoms with Crippen LogP contribution in [0.2, 0.25) is 0 Å². The van der Waals surface area contributed by atoms with Gasteiger partial charge in [0, 0.05) is 17.3 Å². The fourth-order valence-electron chi connectivity index (χ4n) is 3.14. The molecule has 2 aliphatic carbocycles. The van der Waals surface area contributed by atoms with Crippen molar-refractivity contribution in [3.63, 3.8) is 0 Å². The Bertz CT molecular complexity index is 476. The maximum absolute atomic E-state index is 10.4. The van der Waals surface area contributed by atoms with Crippen LogP contribution in [0.15, 0.2) is 36.5 Å². The van der Waals surface area contributed by atoms with E-state index in [1.54, 1.807) is 0 Å². The van der Waals surface area contributed by atoms with Crippen LogP contribution in [0.4, 0.5) is 0 Å². The maximum atomic E-state index is 10.4. The Hall–Kier alpha value is -1.31. The number of carboxylic acids is 1. The molecule has 24 heavy (non-hydrogen) atoms. The van der Waals surface area contributed by atoms with Gasteiger partial charge in [0.25, 0.3) is 0 Å². The van der Waals surface area contributed by atoms with Crippen molar-refractivity contribution in [1.82, 2.24) is 0 Å². The Morgan fingerprint density at radius 1 is 0.833 bits per heavy atom. The average Bonchev–Trinajstić information content (AvgIpc) is 3.47. The summed E-state index contributed by atoms with van der Waals surface area (Å²) in [6.45, 7) is 2.20. The summed E-state index contributed by atoms with van der Waals surface area (Å²) in [5, 5.41) is 8.59. The Labute approximate surface area is 147 Å². The minimum atomic E-state index is -0.668. The molecule has 0 aromatic carbocycles. The van der Waals surface area contributed by atoms with Crippen molar-refractivity contribution in [2.45, 2.75) is 84.0 Å². The summed E-state index contributed by atoms with van der Waals surface area (Å²) in [5.74, 6) is -0.668. The van der Waals surface area contributed by atoms with Crippen molar-refractivity contribution in [2.24, 2.45) is 10.8 Å². The first-order chi connectivity index (χ1) is 11.6. The number of carboxylic acid groups (broad SMARTS) is 1. The second-order valence-electron chi connectivity index (χ2n) is 7.71. The van der Waals surface area contributed by atoms with Crippen molar-refractivity contribution in [3.05, 3.63) is 36.5 Å². The van der Waals surface area contributed by atoms with E-state index in [1.165, 1.54) is 44.9 Å². The first kappa shape index (κ1) is 19.0. The van der Waals surface area contributed by atoms with Crippen LogP contribution >= 0.6 is 0 Å². The van der Waals surface area contributed by atoms with Crippen LogP contribution < -0.4 is 0 Å². The van der Waals surface area contributed by atoms with E-state index in [9.17, 15) is 4.79 Å². The number of rotatable bonds is 13. The van der Waals surface area contributed by atoms with E-state index in [1.807, 2.05) is 0 Å². The van der Waals surface area contributed by atoms with Crippen molar-refractivity contribution >= 4 is 5.97 Å². The van der Waals surface area contributed by atoms with Gasteiger partial charge in [-0.15, -0.1) is 0 Å². The molecule has 0 radical (unpaired) electrons. The molecule has 0 aliphatic heterocycles. The number of hydrogen-bond acceptors (Lipinski definition) is 1. The normalized spacial score (nSPS) is 21.0. The molecule has 2 nitrogen and oxygen atoms in total. The van der Waals surface area contributed by atoms with Gasteiger partial charge in [-0.2, -0.15) is 0 Å². The van der Waals surface area contributed by atoms with Gasteiger partial charge in [0.05, 0.1) is 0 Å². The zero-order chi connectivity index (χ0) is 17.3. The number of aliphatic carboxylic acids is 1. The Balaban J connectivity index is 1.58. The second-order valence-corrected chi connectivity index (χ2v) is 7.71.